The third-order valence-electron chi connectivity index (χ3n) is 2.05. The third-order valence-corrected chi connectivity index (χ3v) is 2.05. The van der Waals surface area contributed by atoms with Crippen molar-refractivity contribution in [2.75, 3.05) is 6.61 Å². The van der Waals surface area contributed by atoms with Crippen LogP contribution in [-0.4, -0.2) is 12.4 Å². The molecule has 0 radical (unpaired) electrons. The van der Waals surface area contributed by atoms with Gasteiger partial charge in [0.25, 0.3) is 0 Å². The fourth-order valence-corrected chi connectivity index (χ4v) is 0.956. The molecule has 2 nitrogen and oxygen atoms in total. The Balaban J connectivity index is 2.46. The predicted molar refractivity (Wildman–Crippen MR) is 56.5 cm³/mol. The summed E-state index contributed by atoms with van der Waals surface area (Å²) in [5.74, 6) is 0.927. The molecule has 0 amide bonds. The SMILES string of the molecule is Cc1ccc(OCC(=O)C(C)C)cc1. The number of hydrogen-bond donors (Lipinski definition) is 0. The van der Waals surface area contributed by atoms with E-state index < -0.39 is 0 Å². The molecule has 0 saturated heterocycles. The second-order valence-corrected chi connectivity index (χ2v) is 3.72. The van der Waals surface area contributed by atoms with Gasteiger partial charge >= 0.3 is 0 Å². The number of rotatable bonds is 4. The van der Waals surface area contributed by atoms with Gasteiger partial charge in [0.1, 0.15) is 12.4 Å². The summed E-state index contributed by atoms with van der Waals surface area (Å²) in [6.45, 7) is 5.94. The topological polar surface area (TPSA) is 26.3 Å². The highest BCUT2D eigenvalue weighted by Gasteiger charge is 2.07. The summed E-state index contributed by atoms with van der Waals surface area (Å²) in [4.78, 5) is 11.3. The van der Waals surface area contributed by atoms with Gasteiger partial charge < -0.3 is 4.74 Å². The molecule has 0 aliphatic rings. The van der Waals surface area contributed by atoms with Crippen LogP contribution in [0.5, 0.6) is 5.75 Å². The second kappa shape index (κ2) is 4.80. The molecular weight excluding hydrogens is 176 g/mol. The van der Waals surface area contributed by atoms with Crippen molar-refractivity contribution in [3.8, 4) is 5.75 Å². The molecule has 1 rings (SSSR count). The lowest BCUT2D eigenvalue weighted by molar-refractivity contribution is -0.123. The summed E-state index contributed by atoms with van der Waals surface area (Å²) < 4.78 is 5.33. The van der Waals surface area contributed by atoms with Crippen LogP contribution in [-0.2, 0) is 4.79 Å². The molecule has 1 aromatic carbocycles. The molecule has 0 aromatic heterocycles. The summed E-state index contributed by atoms with van der Waals surface area (Å²) in [6, 6.07) is 7.69. The lowest BCUT2D eigenvalue weighted by atomic mass is 10.1. The zero-order chi connectivity index (χ0) is 10.6. The number of carbonyl (C=O) groups is 1. The molecule has 0 heterocycles. The molecule has 0 atom stereocenters. The number of hydrogen-bond acceptors (Lipinski definition) is 2. The Kier molecular flexibility index (Phi) is 3.69. The Morgan fingerprint density at radius 1 is 1.29 bits per heavy atom. The van der Waals surface area contributed by atoms with E-state index in [4.69, 9.17) is 4.74 Å². The maximum absolute atomic E-state index is 11.3. The minimum Gasteiger partial charge on any atom is -0.486 e. The Bertz CT molecular complexity index is 299. The Labute approximate surface area is 84.9 Å². The Morgan fingerprint density at radius 3 is 2.36 bits per heavy atom. The zero-order valence-electron chi connectivity index (χ0n) is 8.91. The standard InChI is InChI=1S/C12H16O2/c1-9(2)12(13)8-14-11-6-4-10(3)5-7-11/h4-7,9H,8H2,1-3H3. The van der Waals surface area contributed by atoms with Crippen LogP contribution in [0.3, 0.4) is 0 Å². The van der Waals surface area contributed by atoms with Crippen LogP contribution in [0, 0.1) is 12.8 Å². The molecule has 0 aliphatic heterocycles. The van der Waals surface area contributed by atoms with E-state index in [-0.39, 0.29) is 18.3 Å². The first-order valence-corrected chi connectivity index (χ1v) is 4.82. The summed E-state index contributed by atoms with van der Waals surface area (Å²) in [5, 5.41) is 0. The summed E-state index contributed by atoms with van der Waals surface area (Å²) in [6.07, 6.45) is 0. The summed E-state index contributed by atoms with van der Waals surface area (Å²) in [7, 11) is 0. The highest BCUT2D eigenvalue weighted by atomic mass is 16.5. The molecule has 76 valence electrons. The van der Waals surface area contributed by atoms with Crippen molar-refractivity contribution < 1.29 is 9.53 Å². The smallest absolute Gasteiger partial charge is 0.172 e. The fourth-order valence-electron chi connectivity index (χ4n) is 0.956. The number of ether oxygens (including phenoxy) is 1. The maximum atomic E-state index is 11.3. The van der Waals surface area contributed by atoms with Gasteiger partial charge in [-0.05, 0) is 19.1 Å². The van der Waals surface area contributed by atoms with E-state index in [9.17, 15) is 4.79 Å². The van der Waals surface area contributed by atoms with Crippen molar-refractivity contribution in [2.45, 2.75) is 20.8 Å². The van der Waals surface area contributed by atoms with Gasteiger partial charge in [-0.3, -0.25) is 4.79 Å². The molecule has 2 heteroatoms. The van der Waals surface area contributed by atoms with Gasteiger partial charge in [-0.15, -0.1) is 0 Å². The van der Waals surface area contributed by atoms with Crippen LogP contribution in [0.4, 0.5) is 0 Å². The molecular formula is C12H16O2. The fraction of sp³-hybridized carbons (Fsp3) is 0.417. The first-order chi connectivity index (χ1) is 6.59. The molecule has 0 spiro atoms. The van der Waals surface area contributed by atoms with Gasteiger partial charge in [-0.2, -0.15) is 0 Å². The number of benzene rings is 1. The highest BCUT2D eigenvalue weighted by Crippen LogP contribution is 2.11. The first kappa shape index (κ1) is 10.8. The van der Waals surface area contributed by atoms with Gasteiger partial charge in [0.05, 0.1) is 0 Å². The number of ketones is 1. The van der Waals surface area contributed by atoms with Crippen molar-refractivity contribution in [1.29, 1.82) is 0 Å². The summed E-state index contributed by atoms with van der Waals surface area (Å²) >= 11 is 0. The molecule has 0 aliphatic carbocycles. The average molecular weight is 192 g/mol. The minimum atomic E-state index is 0.0421. The van der Waals surface area contributed by atoms with Crippen LogP contribution < -0.4 is 4.74 Å². The van der Waals surface area contributed by atoms with Crippen molar-refractivity contribution in [3.05, 3.63) is 29.8 Å². The van der Waals surface area contributed by atoms with Crippen molar-refractivity contribution in [1.82, 2.24) is 0 Å². The number of Topliss-reactive ketones (excluding diaryl/α,β-unsaturated/α-hetero) is 1. The summed E-state index contributed by atoms with van der Waals surface area (Å²) in [5.41, 5.74) is 1.19. The van der Waals surface area contributed by atoms with E-state index in [2.05, 4.69) is 0 Å². The first-order valence-electron chi connectivity index (χ1n) is 4.82. The van der Waals surface area contributed by atoms with Gasteiger partial charge in [0, 0.05) is 5.92 Å². The zero-order valence-corrected chi connectivity index (χ0v) is 8.91. The molecule has 0 N–H and O–H groups in total. The molecule has 0 unspecified atom stereocenters. The van der Waals surface area contributed by atoms with E-state index >= 15 is 0 Å². The Hall–Kier alpha value is -1.31. The average Bonchev–Trinajstić information content (AvgIpc) is 2.16. The lowest BCUT2D eigenvalue weighted by Crippen LogP contribution is -2.16. The molecule has 0 saturated carbocycles. The van der Waals surface area contributed by atoms with Crippen LogP contribution in [0.15, 0.2) is 24.3 Å². The maximum Gasteiger partial charge on any atom is 0.172 e. The number of carbonyl (C=O) groups excluding carboxylic acids is 1. The van der Waals surface area contributed by atoms with Crippen LogP contribution >= 0.6 is 0 Å². The molecule has 0 fully saturated rings. The normalized spacial score (nSPS) is 10.3. The van der Waals surface area contributed by atoms with Crippen molar-refractivity contribution >= 4 is 5.78 Å². The minimum absolute atomic E-state index is 0.0421. The Morgan fingerprint density at radius 2 is 1.86 bits per heavy atom. The largest absolute Gasteiger partial charge is 0.486 e. The molecule has 0 bridgehead atoms. The molecule has 1 aromatic rings. The van der Waals surface area contributed by atoms with Crippen LogP contribution in [0.25, 0.3) is 0 Å². The van der Waals surface area contributed by atoms with Gasteiger partial charge in [0.15, 0.2) is 5.78 Å². The van der Waals surface area contributed by atoms with Crippen molar-refractivity contribution in [3.63, 3.8) is 0 Å². The third kappa shape index (κ3) is 3.21. The highest BCUT2D eigenvalue weighted by molar-refractivity contribution is 5.81. The van der Waals surface area contributed by atoms with E-state index in [0.29, 0.717) is 0 Å². The van der Waals surface area contributed by atoms with Gasteiger partial charge in [-0.1, -0.05) is 31.5 Å². The van der Waals surface area contributed by atoms with Crippen molar-refractivity contribution in [2.24, 2.45) is 5.92 Å². The second-order valence-electron chi connectivity index (χ2n) is 3.72. The van der Waals surface area contributed by atoms with E-state index in [0.717, 1.165) is 5.75 Å². The van der Waals surface area contributed by atoms with E-state index in [1.807, 2.05) is 45.0 Å². The lowest BCUT2D eigenvalue weighted by Gasteiger charge is -2.07. The number of aryl methyl sites for hydroxylation is 1. The van der Waals surface area contributed by atoms with Gasteiger partial charge in [-0.25, -0.2) is 0 Å². The van der Waals surface area contributed by atoms with Crippen LogP contribution in [0.1, 0.15) is 19.4 Å². The molecule has 14 heavy (non-hydrogen) atoms. The van der Waals surface area contributed by atoms with Crippen LogP contribution in [0.2, 0.25) is 0 Å². The monoisotopic (exact) mass is 192 g/mol. The van der Waals surface area contributed by atoms with E-state index in [1.54, 1.807) is 0 Å². The quantitative estimate of drug-likeness (QED) is 0.733. The van der Waals surface area contributed by atoms with Gasteiger partial charge in [0.2, 0.25) is 0 Å². The predicted octanol–water partition coefficient (Wildman–Crippen LogP) is 2.60. The van der Waals surface area contributed by atoms with E-state index in [1.165, 1.54) is 5.56 Å².